The Balaban J connectivity index is -0.000000101. The van der Waals surface area contributed by atoms with E-state index in [9.17, 15) is 0 Å². The molecule has 0 radical (unpaired) electrons. The summed E-state index contributed by atoms with van der Waals surface area (Å²) in [4.78, 5) is 0. The maximum absolute atomic E-state index is 2.38. The number of fused-ring (bicyclic) bond motifs is 3. The Kier molecular flexibility index (Phi) is 53.9. The fourth-order valence-electron chi connectivity index (χ4n) is 5.40. The van der Waals surface area contributed by atoms with Crippen molar-refractivity contribution in [2.75, 3.05) is 0 Å². The Morgan fingerprint density at radius 1 is 0.426 bits per heavy atom. The lowest BCUT2D eigenvalue weighted by Crippen LogP contribution is -2.14. The molecule has 0 aliphatic heterocycles. The average molecular weight is 747 g/mol. The lowest BCUT2D eigenvalue weighted by molar-refractivity contribution is 0.244. The fourth-order valence-corrected chi connectivity index (χ4v) is 5.40. The highest BCUT2D eigenvalue weighted by atomic mass is 14.4. The van der Waals surface area contributed by atoms with Crippen molar-refractivity contribution in [2.24, 2.45) is 5.41 Å². The summed E-state index contributed by atoms with van der Waals surface area (Å²) in [6.45, 7) is 38.0. The molecular formula is C54H98. The average Bonchev–Trinajstić information content (AvgIpc) is 3.44. The molecular weight excluding hydrogens is 649 g/mol. The van der Waals surface area contributed by atoms with Crippen molar-refractivity contribution in [1.82, 2.24) is 0 Å². The lowest BCUT2D eigenvalue weighted by atomic mass is 9.78. The maximum atomic E-state index is 2.38. The molecule has 0 unspecified atom stereocenters. The van der Waals surface area contributed by atoms with Crippen LogP contribution in [0.1, 0.15) is 208 Å². The monoisotopic (exact) mass is 747 g/mol. The zero-order chi connectivity index (χ0) is 40.1. The molecule has 2 aliphatic rings. The topological polar surface area (TPSA) is 0 Å². The highest BCUT2D eigenvalue weighted by Gasteiger charge is 2.34. The predicted octanol–water partition coefficient (Wildman–Crippen LogP) is 19.9. The molecule has 0 saturated heterocycles. The van der Waals surface area contributed by atoms with Crippen LogP contribution in [0, 0.1) is 5.41 Å². The molecule has 2 aliphatic carbocycles. The molecule has 0 heterocycles. The zero-order valence-electron chi connectivity index (χ0n) is 37.3. The van der Waals surface area contributed by atoms with Gasteiger partial charge in [0.25, 0.3) is 0 Å². The molecule has 0 bridgehead atoms. The van der Waals surface area contributed by atoms with Crippen LogP contribution in [0.2, 0.25) is 0 Å². The summed E-state index contributed by atoms with van der Waals surface area (Å²) in [7, 11) is 0. The summed E-state index contributed by atoms with van der Waals surface area (Å²) in [6, 6.07) is 40.0. The van der Waals surface area contributed by atoms with Gasteiger partial charge in [-0.1, -0.05) is 288 Å². The summed E-state index contributed by atoms with van der Waals surface area (Å²) in [5.41, 5.74) is 7.96. The normalized spacial score (nSPS) is 12.0. The second kappa shape index (κ2) is 44.3. The molecule has 54 heavy (non-hydrogen) atoms. The summed E-state index contributed by atoms with van der Waals surface area (Å²) in [5.74, 6) is 0.659. The molecule has 1 saturated carbocycles. The molecule has 314 valence electrons. The van der Waals surface area contributed by atoms with E-state index >= 15 is 0 Å². The van der Waals surface area contributed by atoms with Gasteiger partial charge in [0.15, 0.2) is 0 Å². The predicted molar refractivity (Wildman–Crippen MR) is 261 cm³/mol. The smallest absolute Gasteiger partial charge is 0.0158 e. The highest BCUT2D eigenvalue weighted by molar-refractivity contribution is 5.80. The van der Waals surface area contributed by atoms with Crippen molar-refractivity contribution < 1.29 is 0 Å². The molecule has 0 atom stereocenters. The van der Waals surface area contributed by atoms with Gasteiger partial charge in [-0.05, 0) is 52.0 Å². The third-order valence-corrected chi connectivity index (χ3v) is 7.83. The van der Waals surface area contributed by atoms with E-state index in [-0.39, 0.29) is 27.7 Å². The summed E-state index contributed by atoms with van der Waals surface area (Å²) < 4.78 is 0. The third kappa shape index (κ3) is 28.3. The molecule has 4 aromatic rings. The first-order chi connectivity index (χ1) is 24.6. The minimum absolute atomic E-state index is 0. The molecule has 0 aromatic heterocycles. The van der Waals surface area contributed by atoms with Gasteiger partial charge in [-0.2, -0.15) is 0 Å². The molecule has 6 rings (SSSR count). The summed E-state index contributed by atoms with van der Waals surface area (Å²) >= 11 is 0. The fraction of sp³-hybridized carbons (Fsp3) is 0.556. The van der Waals surface area contributed by atoms with Crippen LogP contribution in [0.15, 0.2) is 115 Å². The van der Waals surface area contributed by atoms with Crippen LogP contribution in [-0.2, 0) is 5.41 Å². The Bertz CT molecular complexity index is 1130. The van der Waals surface area contributed by atoms with Crippen molar-refractivity contribution in [3.8, 4) is 11.1 Å². The summed E-state index contributed by atoms with van der Waals surface area (Å²) in [6.07, 6.45) is 8.56. The number of benzene rings is 4. The van der Waals surface area contributed by atoms with Crippen LogP contribution in [-0.4, -0.2) is 0 Å². The number of hydrogen-bond donors (Lipinski definition) is 0. The first-order valence-electron chi connectivity index (χ1n) is 20.9. The Hall–Kier alpha value is -3.12. The van der Waals surface area contributed by atoms with E-state index in [4.69, 9.17) is 0 Å². The first-order valence-corrected chi connectivity index (χ1v) is 20.9. The van der Waals surface area contributed by atoms with Gasteiger partial charge in [-0.25, -0.2) is 0 Å². The second-order valence-corrected chi connectivity index (χ2v) is 12.9. The third-order valence-electron chi connectivity index (χ3n) is 7.83. The van der Waals surface area contributed by atoms with Gasteiger partial charge in [0.1, 0.15) is 0 Å². The molecule has 4 aromatic carbocycles. The molecule has 1 fully saturated rings. The van der Waals surface area contributed by atoms with Crippen LogP contribution in [0.4, 0.5) is 0 Å². The van der Waals surface area contributed by atoms with Crippen molar-refractivity contribution in [3.05, 3.63) is 132 Å². The molecule has 0 amide bonds. The maximum Gasteiger partial charge on any atom is 0.0158 e. The summed E-state index contributed by atoms with van der Waals surface area (Å²) in [5, 5.41) is 0. The van der Waals surface area contributed by atoms with E-state index in [0.29, 0.717) is 11.3 Å². The van der Waals surface area contributed by atoms with Gasteiger partial charge in [0.2, 0.25) is 0 Å². The van der Waals surface area contributed by atoms with Crippen molar-refractivity contribution in [1.29, 1.82) is 0 Å². The van der Waals surface area contributed by atoms with Crippen molar-refractivity contribution in [3.63, 3.8) is 0 Å². The molecule has 0 spiro atoms. The van der Waals surface area contributed by atoms with E-state index in [0.717, 1.165) is 0 Å². The Morgan fingerprint density at radius 2 is 0.685 bits per heavy atom. The largest absolute Gasteiger partial charge is 0.0776 e. The first kappa shape index (κ1) is 65.7. The van der Waals surface area contributed by atoms with Gasteiger partial charge in [-0.15, -0.1) is 0 Å². The van der Waals surface area contributed by atoms with Gasteiger partial charge in [0, 0.05) is 5.41 Å². The van der Waals surface area contributed by atoms with Crippen LogP contribution in [0.25, 0.3) is 11.1 Å². The minimum atomic E-state index is 0. The molecule has 0 heteroatoms. The van der Waals surface area contributed by atoms with Gasteiger partial charge < -0.3 is 0 Å². The quantitative estimate of drug-likeness (QED) is 0.182. The lowest BCUT2D eigenvalue weighted by Gasteiger charge is -2.28. The van der Waals surface area contributed by atoms with Gasteiger partial charge >= 0.3 is 0 Å². The van der Waals surface area contributed by atoms with E-state index in [2.05, 4.69) is 128 Å². The Labute approximate surface area is 344 Å². The van der Waals surface area contributed by atoms with Crippen LogP contribution in [0.5, 0.6) is 0 Å². The van der Waals surface area contributed by atoms with Crippen molar-refractivity contribution in [2.45, 2.75) is 197 Å². The van der Waals surface area contributed by atoms with E-state index in [1.807, 2.05) is 112 Å². The van der Waals surface area contributed by atoms with E-state index < -0.39 is 0 Å². The zero-order valence-corrected chi connectivity index (χ0v) is 37.3. The van der Waals surface area contributed by atoms with Gasteiger partial charge in [-0.3, -0.25) is 0 Å². The molecule has 0 nitrogen and oxygen atoms in total. The van der Waals surface area contributed by atoms with Crippen LogP contribution < -0.4 is 0 Å². The van der Waals surface area contributed by atoms with Crippen LogP contribution in [0.3, 0.4) is 0 Å². The van der Waals surface area contributed by atoms with Crippen molar-refractivity contribution >= 4 is 0 Å². The second-order valence-electron chi connectivity index (χ2n) is 12.9. The Morgan fingerprint density at radius 3 is 0.926 bits per heavy atom. The minimum Gasteiger partial charge on any atom is -0.0776 e. The SMILES string of the molecule is C.C.C.CC.CC.CC.CC.CC.CC(C)c1ccccc1.CC1(C)CCCCC1.CC1(C)c2ccccc2-c2ccccc21.CCC.c1ccccc1. The van der Waals surface area contributed by atoms with E-state index in [1.54, 1.807) is 0 Å². The van der Waals surface area contributed by atoms with E-state index in [1.165, 1.54) is 66.3 Å². The molecule has 0 N–H and O–H groups in total. The van der Waals surface area contributed by atoms with Crippen LogP contribution >= 0.6 is 0 Å². The van der Waals surface area contributed by atoms with Gasteiger partial charge in [0.05, 0.1) is 0 Å². The number of hydrogen-bond acceptors (Lipinski definition) is 0. The number of rotatable bonds is 1. The highest BCUT2D eigenvalue weighted by Crippen LogP contribution is 2.48. The standard InChI is InChI=1S/C15H14.C9H12.C8H16.C6H6.C3H8.5C2H6.3CH4/c1-15(2)13-9-5-3-7-11(13)12-8-4-6-10-14(12)15;1-8(2)9-6-4-3-5-7-9;1-8(2)6-4-3-5-7-8;1-2-4-6-5-3-1;1-3-2;5*1-2;;;/h3-10H,1-2H3;3-8H,1-2H3;3-7H2,1-2H3;1-6H;3H2,1-2H3;5*1-2H3;3*1H4.